The van der Waals surface area contributed by atoms with Gasteiger partial charge in [0.15, 0.2) is 0 Å². The molecule has 2 aromatic rings. The third kappa shape index (κ3) is 2.02. The van der Waals surface area contributed by atoms with Gasteiger partial charge < -0.3 is 4.90 Å². The molecule has 0 unspecified atom stereocenters. The molecule has 88 valence electrons. The van der Waals surface area contributed by atoms with E-state index in [9.17, 15) is 4.21 Å². The fourth-order valence-electron chi connectivity index (χ4n) is 2.09. The second kappa shape index (κ2) is 4.41. The molecule has 5 heteroatoms. The first-order valence-electron chi connectivity index (χ1n) is 5.64. The molecule has 0 atom stereocenters. The SMILES string of the molecule is O=S1CCN(c2ncnc3ccccc23)CC1. The first kappa shape index (κ1) is 10.7. The van der Waals surface area contributed by atoms with E-state index in [1.54, 1.807) is 6.33 Å². The molecule has 0 amide bonds. The number of hydrogen-bond acceptors (Lipinski definition) is 4. The Morgan fingerprint density at radius 1 is 1.12 bits per heavy atom. The smallest absolute Gasteiger partial charge is 0.139 e. The molecule has 0 saturated carbocycles. The Labute approximate surface area is 102 Å². The molecular formula is C12H13N3OS. The van der Waals surface area contributed by atoms with E-state index in [0.29, 0.717) is 0 Å². The lowest BCUT2D eigenvalue weighted by Crippen LogP contribution is -2.38. The third-order valence-electron chi connectivity index (χ3n) is 3.00. The summed E-state index contributed by atoms with van der Waals surface area (Å²) in [7, 11) is -0.653. The van der Waals surface area contributed by atoms with Crippen LogP contribution in [0.25, 0.3) is 10.9 Å². The predicted octanol–water partition coefficient (Wildman–Crippen LogP) is 1.20. The van der Waals surface area contributed by atoms with Crippen molar-refractivity contribution in [2.75, 3.05) is 29.5 Å². The van der Waals surface area contributed by atoms with Gasteiger partial charge in [-0.1, -0.05) is 12.1 Å². The first-order valence-corrected chi connectivity index (χ1v) is 7.13. The van der Waals surface area contributed by atoms with Gasteiger partial charge in [0, 0.05) is 40.8 Å². The fourth-order valence-corrected chi connectivity index (χ4v) is 3.14. The minimum Gasteiger partial charge on any atom is -0.354 e. The van der Waals surface area contributed by atoms with E-state index in [-0.39, 0.29) is 0 Å². The number of aromatic nitrogens is 2. The molecular weight excluding hydrogens is 234 g/mol. The molecule has 1 saturated heterocycles. The third-order valence-corrected chi connectivity index (χ3v) is 4.27. The molecule has 2 heterocycles. The van der Waals surface area contributed by atoms with Crippen molar-refractivity contribution in [2.45, 2.75) is 0 Å². The van der Waals surface area contributed by atoms with Crippen LogP contribution >= 0.6 is 0 Å². The van der Waals surface area contributed by atoms with Gasteiger partial charge in [-0.15, -0.1) is 0 Å². The van der Waals surface area contributed by atoms with Crippen LogP contribution in [0.4, 0.5) is 5.82 Å². The van der Waals surface area contributed by atoms with Crippen LogP contribution < -0.4 is 4.90 Å². The van der Waals surface area contributed by atoms with Crippen LogP contribution in [0, 0.1) is 0 Å². The number of para-hydroxylation sites is 1. The van der Waals surface area contributed by atoms with E-state index in [4.69, 9.17) is 0 Å². The van der Waals surface area contributed by atoms with Crippen molar-refractivity contribution in [3.63, 3.8) is 0 Å². The van der Waals surface area contributed by atoms with E-state index >= 15 is 0 Å². The maximum atomic E-state index is 11.4. The molecule has 17 heavy (non-hydrogen) atoms. The van der Waals surface area contributed by atoms with Crippen molar-refractivity contribution in [3.05, 3.63) is 30.6 Å². The minimum absolute atomic E-state index is 0.653. The summed E-state index contributed by atoms with van der Waals surface area (Å²) in [6.45, 7) is 1.63. The predicted molar refractivity (Wildman–Crippen MR) is 69.6 cm³/mol. The van der Waals surface area contributed by atoms with Gasteiger partial charge in [-0.2, -0.15) is 0 Å². The number of anilines is 1. The van der Waals surface area contributed by atoms with Crippen molar-refractivity contribution in [3.8, 4) is 0 Å². The van der Waals surface area contributed by atoms with Crippen LogP contribution in [0.15, 0.2) is 30.6 Å². The van der Waals surface area contributed by atoms with Crippen molar-refractivity contribution >= 4 is 27.5 Å². The number of fused-ring (bicyclic) bond motifs is 1. The van der Waals surface area contributed by atoms with Gasteiger partial charge in [0.25, 0.3) is 0 Å². The van der Waals surface area contributed by atoms with Crippen LogP contribution in [0.5, 0.6) is 0 Å². The van der Waals surface area contributed by atoms with Crippen LogP contribution in [0.3, 0.4) is 0 Å². The molecule has 4 nitrogen and oxygen atoms in total. The molecule has 0 radical (unpaired) electrons. The lowest BCUT2D eigenvalue weighted by molar-refractivity contribution is 0.672. The van der Waals surface area contributed by atoms with E-state index in [2.05, 4.69) is 14.9 Å². The van der Waals surface area contributed by atoms with Gasteiger partial charge in [-0.25, -0.2) is 9.97 Å². The number of nitrogens with zero attached hydrogens (tertiary/aromatic N) is 3. The maximum Gasteiger partial charge on any atom is 0.139 e. The minimum atomic E-state index is -0.653. The van der Waals surface area contributed by atoms with Crippen LogP contribution in [-0.2, 0) is 10.8 Å². The Kier molecular flexibility index (Phi) is 2.76. The average molecular weight is 247 g/mol. The molecule has 0 aliphatic carbocycles. The van der Waals surface area contributed by atoms with Crippen molar-refractivity contribution < 1.29 is 4.21 Å². The highest BCUT2D eigenvalue weighted by Crippen LogP contribution is 2.23. The van der Waals surface area contributed by atoms with E-state index in [1.807, 2.05) is 24.3 Å². The molecule has 0 N–H and O–H groups in total. The average Bonchev–Trinajstić information content (AvgIpc) is 2.39. The molecule has 1 aromatic heterocycles. The number of hydrogen-bond donors (Lipinski definition) is 0. The first-order chi connectivity index (χ1) is 8.34. The Balaban J connectivity index is 2.02. The summed E-state index contributed by atoms with van der Waals surface area (Å²) >= 11 is 0. The highest BCUT2D eigenvalue weighted by Gasteiger charge is 2.18. The van der Waals surface area contributed by atoms with E-state index in [1.165, 1.54) is 0 Å². The van der Waals surface area contributed by atoms with Gasteiger partial charge >= 0.3 is 0 Å². The summed E-state index contributed by atoms with van der Waals surface area (Å²) in [6.07, 6.45) is 1.60. The lowest BCUT2D eigenvalue weighted by atomic mass is 10.2. The summed E-state index contributed by atoms with van der Waals surface area (Å²) in [4.78, 5) is 10.8. The summed E-state index contributed by atoms with van der Waals surface area (Å²) in [5, 5.41) is 1.07. The zero-order valence-electron chi connectivity index (χ0n) is 9.37. The number of rotatable bonds is 1. The largest absolute Gasteiger partial charge is 0.354 e. The van der Waals surface area contributed by atoms with Crippen LogP contribution in [-0.4, -0.2) is 38.8 Å². The Hall–Kier alpha value is -1.49. The van der Waals surface area contributed by atoms with E-state index in [0.717, 1.165) is 41.3 Å². The zero-order chi connectivity index (χ0) is 11.7. The lowest BCUT2D eigenvalue weighted by Gasteiger charge is -2.27. The monoisotopic (exact) mass is 247 g/mol. The molecule has 1 aliphatic rings. The fraction of sp³-hybridized carbons (Fsp3) is 0.333. The second-order valence-electron chi connectivity index (χ2n) is 4.05. The van der Waals surface area contributed by atoms with Gasteiger partial charge in [0.1, 0.15) is 12.1 Å². The Morgan fingerprint density at radius 2 is 1.88 bits per heavy atom. The number of benzene rings is 1. The van der Waals surface area contributed by atoms with Gasteiger partial charge in [-0.05, 0) is 12.1 Å². The summed E-state index contributed by atoms with van der Waals surface area (Å²) in [6, 6.07) is 8.00. The van der Waals surface area contributed by atoms with Crippen LogP contribution in [0.2, 0.25) is 0 Å². The van der Waals surface area contributed by atoms with Crippen LogP contribution in [0.1, 0.15) is 0 Å². The molecule has 0 bridgehead atoms. The summed E-state index contributed by atoms with van der Waals surface area (Å²) < 4.78 is 11.4. The quantitative estimate of drug-likeness (QED) is 0.759. The zero-order valence-corrected chi connectivity index (χ0v) is 10.2. The molecule has 0 spiro atoms. The molecule has 1 aromatic carbocycles. The summed E-state index contributed by atoms with van der Waals surface area (Å²) in [5.74, 6) is 2.43. The van der Waals surface area contributed by atoms with Crippen molar-refractivity contribution in [2.24, 2.45) is 0 Å². The maximum absolute atomic E-state index is 11.4. The molecule has 1 aliphatic heterocycles. The van der Waals surface area contributed by atoms with E-state index < -0.39 is 10.8 Å². The Bertz CT molecular complexity index is 557. The second-order valence-corrected chi connectivity index (χ2v) is 5.75. The Morgan fingerprint density at radius 3 is 2.71 bits per heavy atom. The van der Waals surface area contributed by atoms with Gasteiger partial charge in [0.05, 0.1) is 5.52 Å². The highest BCUT2D eigenvalue weighted by molar-refractivity contribution is 7.85. The van der Waals surface area contributed by atoms with Gasteiger partial charge in [-0.3, -0.25) is 4.21 Å². The standard InChI is InChI=1S/C12H13N3OS/c16-17-7-5-15(6-8-17)12-10-3-1-2-4-11(10)13-9-14-12/h1-4,9H,5-8H2. The normalized spacial score (nSPS) is 17.5. The summed E-state index contributed by atoms with van der Waals surface area (Å²) in [5.41, 5.74) is 0.962. The highest BCUT2D eigenvalue weighted by atomic mass is 32.2. The molecule has 1 fully saturated rings. The topological polar surface area (TPSA) is 46.1 Å². The van der Waals surface area contributed by atoms with Crippen molar-refractivity contribution in [1.29, 1.82) is 0 Å². The van der Waals surface area contributed by atoms with Gasteiger partial charge in [0.2, 0.25) is 0 Å². The molecule has 3 rings (SSSR count). The van der Waals surface area contributed by atoms with Crippen molar-refractivity contribution in [1.82, 2.24) is 9.97 Å².